The lowest BCUT2D eigenvalue weighted by molar-refractivity contribution is -0.133. The number of hydrogen-bond acceptors (Lipinski definition) is 4. The van der Waals surface area contributed by atoms with Crippen molar-refractivity contribution in [3.8, 4) is 0 Å². The van der Waals surface area contributed by atoms with Gasteiger partial charge in [-0.05, 0) is 23.8 Å². The van der Waals surface area contributed by atoms with Crippen molar-refractivity contribution in [2.75, 3.05) is 0 Å². The number of halogens is 1. The van der Waals surface area contributed by atoms with Gasteiger partial charge in [0.2, 0.25) is 0 Å². The Balaban J connectivity index is 0.000000277. The highest BCUT2D eigenvalue weighted by atomic mass is 35.5. The zero-order valence-electron chi connectivity index (χ0n) is 11.4. The molecule has 0 aliphatic rings. The number of hydrogen-bond donors (Lipinski definition) is 4. The second kappa shape index (κ2) is 8.35. The Morgan fingerprint density at radius 2 is 1.65 bits per heavy atom. The predicted molar refractivity (Wildman–Crippen MR) is 80.2 cm³/mol. The summed E-state index contributed by atoms with van der Waals surface area (Å²) in [6, 6.07) is 7.28. The molecule has 0 aliphatic carbocycles. The number of nitrogens with one attached hydrogen (secondary N) is 1. The Morgan fingerprint density at radius 1 is 1.04 bits per heavy atom. The van der Waals surface area contributed by atoms with Crippen LogP contribution in [0.3, 0.4) is 0 Å². The molecule has 1 aromatic carbocycles. The number of carbonyl (C=O) groups is 3. The molecule has 0 radical (unpaired) electrons. The molecule has 1 aromatic heterocycles. The molecule has 1 heterocycles. The summed E-state index contributed by atoms with van der Waals surface area (Å²) in [6.45, 7) is 0. The highest BCUT2D eigenvalue weighted by Gasteiger charge is 2.11. The minimum Gasteiger partial charge on any atom is -0.478 e. The summed E-state index contributed by atoms with van der Waals surface area (Å²) in [7, 11) is 0. The summed E-state index contributed by atoms with van der Waals surface area (Å²) in [4.78, 5) is 31.1. The molecule has 2 aromatic rings. The fourth-order valence-electron chi connectivity index (χ4n) is 1.40. The Kier molecular flexibility index (Phi) is 6.50. The summed E-state index contributed by atoms with van der Waals surface area (Å²) >= 11 is 5.62. The second-order valence-electron chi connectivity index (χ2n) is 3.98. The standard InChI is InChI=1S/C10H7ClO4.C4H4N2O2/c11-7-3-1-6(2-4-7)8(10(14)15)5-9(12)13;7-4(8)3-1-2-5-6-3/h1-5H,(H,12,13)(H,14,15);1-2H,(H,5,6)(H,7,8)/b8-5+;. The highest BCUT2D eigenvalue weighted by Crippen LogP contribution is 2.17. The molecular formula is C14H11ClN2O6. The summed E-state index contributed by atoms with van der Waals surface area (Å²) < 4.78 is 0. The van der Waals surface area contributed by atoms with Crippen molar-refractivity contribution in [2.45, 2.75) is 0 Å². The van der Waals surface area contributed by atoms with Crippen LogP contribution in [0.1, 0.15) is 16.1 Å². The fraction of sp³-hybridized carbons (Fsp3) is 0. The van der Waals surface area contributed by atoms with E-state index in [0.29, 0.717) is 16.7 Å². The van der Waals surface area contributed by atoms with Gasteiger partial charge in [-0.15, -0.1) is 0 Å². The quantitative estimate of drug-likeness (QED) is 0.625. The molecule has 0 saturated carbocycles. The van der Waals surface area contributed by atoms with E-state index in [2.05, 4.69) is 10.2 Å². The molecule has 120 valence electrons. The van der Waals surface area contributed by atoms with Crippen molar-refractivity contribution in [3.05, 3.63) is 58.9 Å². The average molecular weight is 339 g/mol. The summed E-state index contributed by atoms with van der Waals surface area (Å²) in [5.41, 5.74) is 0.137. The minimum atomic E-state index is -1.30. The Hall–Kier alpha value is -3.13. The van der Waals surface area contributed by atoms with Crippen molar-refractivity contribution < 1.29 is 29.7 Å². The first-order chi connectivity index (χ1) is 10.8. The number of carboxylic acids is 3. The van der Waals surface area contributed by atoms with Gasteiger partial charge in [0.05, 0.1) is 5.57 Å². The summed E-state index contributed by atoms with van der Waals surface area (Å²) in [6.07, 6.45) is 2.04. The minimum absolute atomic E-state index is 0.116. The van der Waals surface area contributed by atoms with Gasteiger partial charge in [-0.1, -0.05) is 23.7 Å². The van der Waals surface area contributed by atoms with Gasteiger partial charge in [0.1, 0.15) is 5.69 Å². The third-order valence-electron chi connectivity index (χ3n) is 2.38. The lowest BCUT2D eigenvalue weighted by Gasteiger charge is -2.01. The van der Waals surface area contributed by atoms with Crippen molar-refractivity contribution in [1.82, 2.24) is 10.2 Å². The Bertz CT molecular complexity index is 722. The number of benzene rings is 1. The van der Waals surface area contributed by atoms with Gasteiger partial charge in [0.15, 0.2) is 0 Å². The molecule has 0 saturated heterocycles. The molecule has 9 heteroatoms. The van der Waals surface area contributed by atoms with Crippen LogP contribution in [0.4, 0.5) is 0 Å². The number of rotatable bonds is 4. The van der Waals surface area contributed by atoms with E-state index < -0.39 is 17.9 Å². The number of nitrogens with zero attached hydrogens (tertiary/aromatic N) is 1. The van der Waals surface area contributed by atoms with Crippen LogP contribution in [0.2, 0.25) is 5.02 Å². The molecule has 0 bridgehead atoms. The van der Waals surface area contributed by atoms with Gasteiger partial charge in [-0.25, -0.2) is 14.4 Å². The molecule has 0 aliphatic heterocycles. The molecule has 4 N–H and O–H groups in total. The smallest absolute Gasteiger partial charge is 0.353 e. The van der Waals surface area contributed by atoms with E-state index in [4.69, 9.17) is 26.9 Å². The Labute approximate surface area is 134 Å². The van der Waals surface area contributed by atoms with Crippen LogP contribution in [0, 0.1) is 0 Å². The van der Waals surface area contributed by atoms with Crippen LogP contribution in [0.5, 0.6) is 0 Å². The van der Waals surface area contributed by atoms with E-state index >= 15 is 0 Å². The lowest BCUT2D eigenvalue weighted by atomic mass is 10.1. The van der Waals surface area contributed by atoms with E-state index in [1.54, 1.807) is 0 Å². The van der Waals surface area contributed by atoms with Gasteiger partial charge in [0.25, 0.3) is 0 Å². The number of aromatic nitrogens is 2. The molecule has 8 nitrogen and oxygen atoms in total. The van der Waals surface area contributed by atoms with Crippen LogP contribution in [0.25, 0.3) is 5.57 Å². The normalized spacial score (nSPS) is 10.4. The van der Waals surface area contributed by atoms with E-state index in [0.717, 1.165) is 0 Å². The maximum Gasteiger partial charge on any atom is 0.353 e. The van der Waals surface area contributed by atoms with Crippen molar-refractivity contribution in [1.29, 1.82) is 0 Å². The predicted octanol–water partition coefficient (Wildman–Crippen LogP) is 2.00. The van der Waals surface area contributed by atoms with Gasteiger partial charge >= 0.3 is 17.9 Å². The summed E-state index contributed by atoms with van der Waals surface area (Å²) in [5, 5.41) is 31.6. The van der Waals surface area contributed by atoms with Gasteiger partial charge in [-0.2, -0.15) is 5.10 Å². The van der Waals surface area contributed by atoms with Crippen molar-refractivity contribution in [2.24, 2.45) is 0 Å². The topological polar surface area (TPSA) is 141 Å². The van der Waals surface area contributed by atoms with Gasteiger partial charge < -0.3 is 15.3 Å². The first kappa shape index (κ1) is 17.9. The lowest BCUT2D eigenvalue weighted by Crippen LogP contribution is -2.02. The van der Waals surface area contributed by atoms with Gasteiger partial charge in [-0.3, -0.25) is 5.10 Å². The SMILES string of the molecule is O=C(O)/C=C(/C(=O)O)c1ccc(Cl)cc1.O=C(O)c1ccn[nH]1. The monoisotopic (exact) mass is 338 g/mol. The van der Waals surface area contributed by atoms with E-state index in [-0.39, 0.29) is 11.3 Å². The number of aliphatic carboxylic acids is 2. The van der Waals surface area contributed by atoms with Crippen molar-refractivity contribution >= 4 is 35.1 Å². The molecule has 2 rings (SSSR count). The number of H-pyrrole nitrogens is 1. The number of aromatic carboxylic acids is 1. The van der Waals surface area contributed by atoms with Crippen LogP contribution in [-0.2, 0) is 9.59 Å². The number of aromatic amines is 1. The highest BCUT2D eigenvalue weighted by molar-refractivity contribution is 6.30. The molecule has 0 atom stereocenters. The summed E-state index contributed by atoms with van der Waals surface area (Å²) in [5.74, 6) is -3.58. The zero-order valence-corrected chi connectivity index (χ0v) is 12.2. The van der Waals surface area contributed by atoms with Crippen LogP contribution in [-0.4, -0.2) is 43.4 Å². The van der Waals surface area contributed by atoms with E-state index in [1.165, 1.54) is 36.5 Å². The fourth-order valence-corrected chi connectivity index (χ4v) is 1.52. The first-order valence-corrected chi connectivity index (χ1v) is 6.35. The molecular weight excluding hydrogens is 328 g/mol. The third kappa shape index (κ3) is 6.02. The number of carboxylic acid groups (broad SMARTS) is 3. The maximum absolute atomic E-state index is 10.8. The Morgan fingerprint density at radius 3 is 2.00 bits per heavy atom. The molecule has 0 amide bonds. The average Bonchev–Trinajstić information content (AvgIpc) is 3.00. The van der Waals surface area contributed by atoms with Gasteiger partial charge in [0, 0.05) is 17.3 Å². The molecule has 0 spiro atoms. The van der Waals surface area contributed by atoms with E-state index in [1.807, 2.05) is 0 Å². The van der Waals surface area contributed by atoms with E-state index in [9.17, 15) is 14.4 Å². The van der Waals surface area contributed by atoms with Crippen LogP contribution < -0.4 is 0 Å². The molecule has 0 unspecified atom stereocenters. The maximum atomic E-state index is 10.8. The first-order valence-electron chi connectivity index (χ1n) is 5.97. The molecule has 23 heavy (non-hydrogen) atoms. The molecule has 0 fully saturated rings. The zero-order chi connectivity index (χ0) is 17.4. The largest absolute Gasteiger partial charge is 0.478 e. The second-order valence-corrected chi connectivity index (χ2v) is 4.42. The van der Waals surface area contributed by atoms with Crippen molar-refractivity contribution in [3.63, 3.8) is 0 Å². The third-order valence-corrected chi connectivity index (χ3v) is 2.64. The van der Waals surface area contributed by atoms with Crippen LogP contribution >= 0.6 is 11.6 Å². The van der Waals surface area contributed by atoms with Crippen LogP contribution in [0.15, 0.2) is 42.6 Å².